The lowest BCUT2D eigenvalue weighted by atomic mass is 10.00. The molecular weight excluding hydrogens is 250 g/mol. The van der Waals surface area contributed by atoms with Gasteiger partial charge in [-0.15, -0.1) is 0 Å². The maximum atomic E-state index is 11.9. The molecule has 0 unspecified atom stereocenters. The van der Waals surface area contributed by atoms with Gasteiger partial charge in [0.1, 0.15) is 11.4 Å². The van der Waals surface area contributed by atoms with Crippen molar-refractivity contribution in [2.45, 2.75) is 12.8 Å². The summed E-state index contributed by atoms with van der Waals surface area (Å²) in [4.78, 5) is 34.7. The van der Waals surface area contributed by atoms with E-state index in [0.717, 1.165) is 0 Å². The number of phenols is 1. The largest absolute Gasteiger partial charge is 0.507 e. The number of nitrogens with one attached hydrogen (secondary N) is 1. The van der Waals surface area contributed by atoms with E-state index in [0.29, 0.717) is 0 Å². The first-order valence-electron chi connectivity index (χ1n) is 5.59. The third kappa shape index (κ3) is 2.47. The lowest BCUT2D eigenvalue weighted by molar-refractivity contribution is -0.124. The second-order valence-electron chi connectivity index (χ2n) is 4.04. The number of benzene rings is 1. The van der Waals surface area contributed by atoms with Crippen molar-refractivity contribution in [3.63, 3.8) is 0 Å². The van der Waals surface area contributed by atoms with E-state index in [1.165, 1.54) is 24.3 Å². The minimum atomic E-state index is -0.761. The molecule has 19 heavy (non-hydrogen) atoms. The summed E-state index contributed by atoms with van der Waals surface area (Å²) in [5.41, 5.74) is -0.460. The summed E-state index contributed by atoms with van der Waals surface area (Å²) in [5, 5.41) is 21.2. The molecule has 1 aromatic rings. The minimum Gasteiger partial charge on any atom is -0.507 e. The van der Waals surface area contributed by atoms with Gasteiger partial charge in [0.05, 0.1) is 5.56 Å². The standard InChI is InChI=1S/C13H11NO5/c15-8-4-2-1-3-7(8)13(19)14-11-9(16)5-6-10(17)12(11)18/h1-4,15,18H,5-6H2,(H,14,19). The molecule has 1 aromatic carbocycles. The van der Waals surface area contributed by atoms with Crippen molar-refractivity contribution in [2.75, 3.05) is 0 Å². The van der Waals surface area contributed by atoms with Gasteiger partial charge in [0.2, 0.25) is 0 Å². The second-order valence-corrected chi connectivity index (χ2v) is 4.04. The van der Waals surface area contributed by atoms with Crippen LogP contribution in [0.15, 0.2) is 35.7 Å². The van der Waals surface area contributed by atoms with Crippen LogP contribution < -0.4 is 5.32 Å². The Labute approximate surface area is 108 Å². The highest BCUT2D eigenvalue weighted by atomic mass is 16.3. The number of allylic oxidation sites excluding steroid dienone is 2. The van der Waals surface area contributed by atoms with E-state index >= 15 is 0 Å². The first-order chi connectivity index (χ1) is 9.00. The highest BCUT2D eigenvalue weighted by Gasteiger charge is 2.28. The fourth-order valence-electron chi connectivity index (χ4n) is 1.72. The van der Waals surface area contributed by atoms with E-state index < -0.39 is 28.9 Å². The van der Waals surface area contributed by atoms with Crippen LogP contribution in [-0.2, 0) is 9.59 Å². The predicted octanol–water partition coefficient (Wildman–Crippen LogP) is 0.824. The molecule has 0 aliphatic heterocycles. The second kappa shape index (κ2) is 4.93. The molecule has 0 atom stereocenters. The number of Topliss-reactive ketones (excluding diaryl/α,β-unsaturated/α-hetero) is 2. The number of hydrogen-bond donors (Lipinski definition) is 3. The fraction of sp³-hybridized carbons (Fsp3) is 0.154. The molecule has 1 aliphatic rings. The number of amides is 1. The first-order valence-corrected chi connectivity index (χ1v) is 5.59. The Kier molecular flexibility index (Phi) is 3.33. The summed E-state index contributed by atoms with van der Waals surface area (Å²) >= 11 is 0. The highest BCUT2D eigenvalue weighted by Crippen LogP contribution is 2.18. The van der Waals surface area contributed by atoms with Crippen molar-refractivity contribution < 1.29 is 24.6 Å². The number of aromatic hydroxyl groups is 1. The molecule has 0 bridgehead atoms. The van der Waals surface area contributed by atoms with Gasteiger partial charge in [-0.25, -0.2) is 0 Å². The smallest absolute Gasteiger partial charge is 0.259 e. The molecule has 1 amide bonds. The summed E-state index contributed by atoms with van der Waals surface area (Å²) < 4.78 is 0. The third-order valence-corrected chi connectivity index (χ3v) is 2.75. The average Bonchev–Trinajstić information content (AvgIpc) is 2.39. The van der Waals surface area contributed by atoms with E-state index in [9.17, 15) is 24.6 Å². The highest BCUT2D eigenvalue weighted by molar-refractivity contribution is 6.13. The Hall–Kier alpha value is -2.63. The topological polar surface area (TPSA) is 104 Å². The number of hydrogen-bond acceptors (Lipinski definition) is 5. The van der Waals surface area contributed by atoms with Crippen molar-refractivity contribution in [3.05, 3.63) is 41.3 Å². The van der Waals surface area contributed by atoms with Gasteiger partial charge in [-0.2, -0.15) is 0 Å². The maximum absolute atomic E-state index is 11.9. The molecule has 2 rings (SSSR count). The number of rotatable bonds is 2. The van der Waals surface area contributed by atoms with E-state index in [4.69, 9.17) is 0 Å². The molecule has 0 fully saturated rings. The molecule has 6 nitrogen and oxygen atoms in total. The molecule has 3 N–H and O–H groups in total. The average molecular weight is 261 g/mol. The fourth-order valence-corrected chi connectivity index (χ4v) is 1.72. The van der Waals surface area contributed by atoms with E-state index in [-0.39, 0.29) is 24.2 Å². The number of aliphatic hydroxyl groups is 1. The van der Waals surface area contributed by atoms with E-state index in [1.54, 1.807) is 0 Å². The van der Waals surface area contributed by atoms with Crippen molar-refractivity contribution in [1.29, 1.82) is 0 Å². The Balaban J connectivity index is 2.28. The minimum absolute atomic E-state index is 0.0476. The maximum Gasteiger partial charge on any atom is 0.259 e. The monoisotopic (exact) mass is 261 g/mol. The Morgan fingerprint density at radius 3 is 2.37 bits per heavy atom. The van der Waals surface area contributed by atoms with Crippen LogP contribution in [0.1, 0.15) is 23.2 Å². The molecule has 98 valence electrons. The van der Waals surface area contributed by atoms with Crippen LogP contribution in [-0.4, -0.2) is 27.7 Å². The van der Waals surface area contributed by atoms with E-state index in [2.05, 4.69) is 5.32 Å². The molecule has 0 heterocycles. The summed E-state index contributed by atoms with van der Waals surface area (Å²) in [6, 6.07) is 5.75. The molecule has 6 heteroatoms. The van der Waals surface area contributed by atoms with Crippen molar-refractivity contribution >= 4 is 17.5 Å². The van der Waals surface area contributed by atoms with Crippen LogP contribution in [0, 0.1) is 0 Å². The quantitative estimate of drug-likeness (QED) is 0.731. The van der Waals surface area contributed by atoms with Gasteiger partial charge in [-0.1, -0.05) is 12.1 Å². The van der Waals surface area contributed by atoms with Gasteiger partial charge in [-0.05, 0) is 12.1 Å². The summed E-state index contributed by atoms with van der Waals surface area (Å²) in [6.45, 7) is 0. The van der Waals surface area contributed by atoms with Crippen LogP contribution in [0.4, 0.5) is 0 Å². The van der Waals surface area contributed by atoms with Crippen LogP contribution >= 0.6 is 0 Å². The number of para-hydroxylation sites is 1. The van der Waals surface area contributed by atoms with Gasteiger partial charge in [0.15, 0.2) is 17.3 Å². The van der Waals surface area contributed by atoms with Crippen LogP contribution in [0.25, 0.3) is 0 Å². The van der Waals surface area contributed by atoms with Gasteiger partial charge in [0, 0.05) is 12.8 Å². The molecule has 0 radical (unpaired) electrons. The SMILES string of the molecule is O=C1CCC(=O)C(NC(=O)c2ccccc2O)=C1O. The lowest BCUT2D eigenvalue weighted by Crippen LogP contribution is -2.33. The third-order valence-electron chi connectivity index (χ3n) is 2.75. The number of carbonyl (C=O) groups excluding carboxylic acids is 3. The molecule has 0 saturated heterocycles. The molecule has 0 spiro atoms. The number of ketones is 2. The van der Waals surface area contributed by atoms with Gasteiger partial charge in [0.25, 0.3) is 5.91 Å². The number of aliphatic hydroxyl groups excluding tert-OH is 1. The predicted molar refractivity (Wildman–Crippen MR) is 64.5 cm³/mol. The first kappa shape index (κ1) is 12.8. The van der Waals surface area contributed by atoms with E-state index in [1.807, 2.05) is 0 Å². The van der Waals surface area contributed by atoms with Crippen LogP contribution in [0.3, 0.4) is 0 Å². The zero-order valence-corrected chi connectivity index (χ0v) is 9.84. The molecular formula is C13H11NO5. The summed E-state index contributed by atoms with van der Waals surface area (Å²) in [7, 11) is 0. The molecule has 1 aliphatic carbocycles. The Bertz CT molecular complexity index is 603. The number of carbonyl (C=O) groups is 3. The van der Waals surface area contributed by atoms with Crippen molar-refractivity contribution in [2.24, 2.45) is 0 Å². The van der Waals surface area contributed by atoms with Gasteiger partial charge >= 0.3 is 0 Å². The normalized spacial score (nSPS) is 15.6. The van der Waals surface area contributed by atoms with Crippen LogP contribution in [0.5, 0.6) is 5.75 Å². The van der Waals surface area contributed by atoms with Crippen molar-refractivity contribution in [1.82, 2.24) is 5.32 Å². The number of phenolic OH excluding ortho intramolecular Hbond substituents is 1. The van der Waals surface area contributed by atoms with Crippen molar-refractivity contribution in [3.8, 4) is 5.75 Å². The molecule has 0 aromatic heterocycles. The summed E-state index contributed by atoms with van der Waals surface area (Å²) in [6.07, 6.45) is -0.125. The van der Waals surface area contributed by atoms with Crippen LogP contribution in [0.2, 0.25) is 0 Å². The lowest BCUT2D eigenvalue weighted by Gasteiger charge is -2.15. The Morgan fingerprint density at radius 2 is 1.68 bits per heavy atom. The van der Waals surface area contributed by atoms with Gasteiger partial charge < -0.3 is 15.5 Å². The molecule has 0 saturated carbocycles. The summed E-state index contributed by atoms with van der Waals surface area (Å²) in [5.74, 6) is -2.86. The van der Waals surface area contributed by atoms with Gasteiger partial charge in [-0.3, -0.25) is 14.4 Å². The Morgan fingerprint density at radius 1 is 1.05 bits per heavy atom. The zero-order chi connectivity index (χ0) is 14.0. The zero-order valence-electron chi connectivity index (χ0n) is 9.84.